The van der Waals surface area contributed by atoms with Crippen LogP contribution in [0.5, 0.6) is 11.5 Å². The SMILES string of the molecule is CCN(CC1COc2ccccc2O1)C(=O)c1ccc(N2CCN(C(C)=O)CC2)c([N+](=O)[O-])c1. The average Bonchev–Trinajstić information content (AvgIpc) is 2.86. The Labute approximate surface area is 197 Å². The Kier molecular flexibility index (Phi) is 6.85. The Balaban J connectivity index is 1.48. The lowest BCUT2D eigenvalue weighted by molar-refractivity contribution is -0.384. The molecule has 1 fully saturated rings. The maximum Gasteiger partial charge on any atom is 0.293 e. The average molecular weight is 469 g/mol. The minimum atomic E-state index is -0.464. The van der Waals surface area contributed by atoms with Gasteiger partial charge in [-0.25, -0.2) is 0 Å². The van der Waals surface area contributed by atoms with Gasteiger partial charge in [-0.2, -0.15) is 0 Å². The van der Waals surface area contributed by atoms with E-state index in [1.807, 2.05) is 36.1 Å². The molecule has 0 spiro atoms. The van der Waals surface area contributed by atoms with E-state index in [4.69, 9.17) is 9.47 Å². The number of ether oxygens (including phenoxy) is 2. The van der Waals surface area contributed by atoms with Crippen molar-refractivity contribution in [3.05, 3.63) is 58.1 Å². The largest absolute Gasteiger partial charge is 0.486 e. The van der Waals surface area contributed by atoms with E-state index in [0.29, 0.717) is 63.1 Å². The van der Waals surface area contributed by atoms with E-state index in [9.17, 15) is 19.7 Å². The molecular weight excluding hydrogens is 440 g/mol. The third-order valence-corrected chi connectivity index (χ3v) is 6.15. The summed E-state index contributed by atoms with van der Waals surface area (Å²) >= 11 is 0. The van der Waals surface area contributed by atoms with Crippen LogP contribution in [0.2, 0.25) is 0 Å². The molecule has 34 heavy (non-hydrogen) atoms. The Bertz CT molecular complexity index is 1080. The fourth-order valence-corrected chi connectivity index (χ4v) is 4.27. The Morgan fingerprint density at radius 2 is 1.82 bits per heavy atom. The number of fused-ring (bicyclic) bond motifs is 1. The normalized spacial score (nSPS) is 17.3. The van der Waals surface area contributed by atoms with Gasteiger partial charge in [0.15, 0.2) is 17.6 Å². The van der Waals surface area contributed by atoms with Gasteiger partial charge in [0.25, 0.3) is 11.6 Å². The van der Waals surface area contributed by atoms with Crippen molar-refractivity contribution in [3.63, 3.8) is 0 Å². The first-order valence-corrected chi connectivity index (χ1v) is 11.3. The summed E-state index contributed by atoms with van der Waals surface area (Å²) in [6.07, 6.45) is -0.342. The van der Waals surface area contributed by atoms with E-state index in [1.54, 1.807) is 21.9 Å². The summed E-state index contributed by atoms with van der Waals surface area (Å²) in [6.45, 7) is 6.40. The Morgan fingerprint density at radius 1 is 1.12 bits per heavy atom. The van der Waals surface area contributed by atoms with E-state index >= 15 is 0 Å². The molecule has 2 amide bonds. The van der Waals surface area contributed by atoms with Gasteiger partial charge < -0.3 is 24.2 Å². The molecule has 0 aromatic heterocycles. The van der Waals surface area contributed by atoms with E-state index in [-0.39, 0.29) is 29.2 Å². The zero-order valence-electron chi connectivity index (χ0n) is 19.3. The zero-order chi connectivity index (χ0) is 24.2. The highest BCUT2D eigenvalue weighted by Crippen LogP contribution is 2.32. The van der Waals surface area contributed by atoms with E-state index in [1.165, 1.54) is 13.0 Å². The van der Waals surface area contributed by atoms with E-state index in [2.05, 4.69) is 0 Å². The molecule has 0 aliphatic carbocycles. The van der Waals surface area contributed by atoms with Crippen LogP contribution in [0.3, 0.4) is 0 Å². The lowest BCUT2D eigenvalue weighted by Crippen LogP contribution is -2.48. The molecule has 180 valence electrons. The first-order valence-electron chi connectivity index (χ1n) is 11.3. The minimum absolute atomic E-state index is 0.00872. The molecule has 0 N–H and O–H groups in total. The second kappa shape index (κ2) is 9.98. The Hall–Kier alpha value is -3.82. The van der Waals surface area contributed by atoms with Crippen LogP contribution in [0, 0.1) is 10.1 Å². The van der Waals surface area contributed by atoms with Crippen LogP contribution in [0.4, 0.5) is 11.4 Å². The molecule has 2 aliphatic rings. The summed E-state index contributed by atoms with van der Waals surface area (Å²) in [4.78, 5) is 41.4. The zero-order valence-corrected chi connectivity index (χ0v) is 19.3. The van der Waals surface area contributed by atoms with Crippen LogP contribution in [0.15, 0.2) is 42.5 Å². The van der Waals surface area contributed by atoms with Crippen LogP contribution >= 0.6 is 0 Å². The monoisotopic (exact) mass is 468 g/mol. The maximum absolute atomic E-state index is 13.2. The van der Waals surface area contributed by atoms with Crippen LogP contribution in [0.25, 0.3) is 0 Å². The van der Waals surface area contributed by atoms with Crippen LogP contribution < -0.4 is 14.4 Å². The molecule has 2 aromatic rings. The molecule has 0 bridgehead atoms. The van der Waals surface area contributed by atoms with Gasteiger partial charge in [0.1, 0.15) is 12.3 Å². The number of carbonyl (C=O) groups excluding carboxylic acids is 2. The minimum Gasteiger partial charge on any atom is -0.486 e. The summed E-state index contributed by atoms with van der Waals surface area (Å²) in [6, 6.07) is 12.0. The summed E-state index contributed by atoms with van der Waals surface area (Å²) in [5.74, 6) is 0.988. The van der Waals surface area contributed by atoms with E-state index in [0.717, 1.165) is 0 Å². The number of nitrogens with zero attached hydrogens (tertiary/aromatic N) is 4. The highest BCUT2D eigenvalue weighted by molar-refractivity contribution is 5.96. The van der Waals surface area contributed by atoms with Crippen LogP contribution in [0.1, 0.15) is 24.2 Å². The highest BCUT2D eigenvalue weighted by atomic mass is 16.6. The number of likely N-dealkylation sites (N-methyl/N-ethyl adjacent to an activating group) is 1. The molecule has 0 radical (unpaired) electrons. The number of anilines is 1. The highest BCUT2D eigenvalue weighted by Gasteiger charge is 2.29. The van der Waals surface area contributed by atoms with Gasteiger partial charge in [-0.3, -0.25) is 19.7 Å². The number of rotatable bonds is 6. The molecule has 4 rings (SSSR count). The number of piperazine rings is 1. The fraction of sp³-hybridized carbons (Fsp3) is 0.417. The first kappa shape index (κ1) is 23.3. The van der Waals surface area contributed by atoms with Crippen molar-refractivity contribution in [1.82, 2.24) is 9.80 Å². The van der Waals surface area contributed by atoms with Crippen molar-refractivity contribution in [1.29, 1.82) is 0 Å². The number of amides is 2. The number of hydrogen-bond acceptors (Lipinski definition) is 7. The number of carbonyl (C=O) groups is 2. The lowest BCUT2D eigenvalue weighted by atomic mass is 10.1. The molecule has 0 saturated carbocycles. The molecule has 1 saturated heterocycles. The fourth-order valence-electron chi connectivity index (χ4n) is 4.27. The maximum atomic E-state index is 13.2. The summed E-state index contributed by atoms with van der Waals surface area (Å²) < 4.78 is 11.7. The predicted octanol–water partition coefficient (Wildman–Crippen LogP) is 2.57. The van der Waals surface area contributed by atoms with Crippen molar-refractivity contribution >= 4 is 23.2 Å². The molecular formula is C24H28N4O6. The number of hydrogen-bond donors (Lipinski definition) is 0. The van der Waals surface area contributed by atoms with Crippen LogP contribution in [-0.2, 0) is 4.79 Å². The number of nitro groups is 1. The van der Waals surface area contributed by atoms with Crippen molar-refractivity contribution in [2.45, 2.75) is 20.0 Å². The third kappa shape index (κ3) is 4.90. The van der Waals surface area contributed by atoms with Gasteiger partial charge in [0, 0.05) is 51.3 Å². The van der Waals surface area contributed by atoms with E-state index < -0.39 is 4.92 Å². The number of benzene rings is 2. The molecule has 1 unspecified atom stereocenters. The molecule has 2 aromatic carbocycles. The molecule has 1 atom stereocenters. The van der Waals surface area contributed by atoms with Crippen LogP contribution in [-0.4, -0.2) is 78.5 Å². The quantitative estimate of drug-likeness (QED) is 0.474. The van der Waals surface area contributed by atoms with Gasteiger partial charge in [0.05, 0.1) is 11.5 Å². The smallest absolute Gasteiger partial charge is 0.293 e. The summed E-state index contributed by atoms with van der Waals surface area (Å²) in [7, 11) is 0. The van der Waals surface area contributed by atoms with Crippen molar-refractivity contribution in [3.8, 4) is 11.5 Å². The van der Waals surface area contributed by atoms with Crippen molar-refractivity contribution in [2.24, 2.45) is 0 Å². The molecule has 2 heterocycles. The molecule has 10 heteroatoms. The second-order valence-electron chi connectivity index (χ2n) is 8.30. The van der Waals surface area contributed by atoms with Crippen molar-refractivity contribution < 1.29 is 24.0 Å². The second-order valence-corrected chi connectivity index (χ2v) is 8.30. The molecule has 2 aliphatic heterocycles. The molecule has 10 nitrogen and oxygen atoms in total. The lowest BCUT2D eigenvalue weighted by Gasteiger charge is -2.35. The summed E-state index contributed by atoms with van der Waals surface area (Å²) in [5, 5.41) is 11.8. The van der Waals surface area contributed by atoms with Gasteiger partial charge in [-0.1, -0.05) is 12.1 Å². The summed E-state index contributed by atoms with van der Waals surface area (Å²) in [5.41, 5.74) is 0.578. The topological polar surface area (TPSA) is 105 Å². The third-order valence-electron chi connectivity index (χ3n) is 6.15. The van der Waals surface area contributed by atoms with Gasteiger partial charge >= 0.3 is 0 Å². The predicted molar refractivity (Wildman–Crippen MR) is 125 cm³/mol. The number of nitro benzene ring substituents is 1. The first-order chi connectivity index (χ1) is 16.4. The van der Waals surface area contributed by atoms with Gasteiger partial charge in [-0.05, 0) is 31.2 Å². The van der Waals surface area contributed by atoms with Crippen molar-refractivity contribution in [2.75, 3.05) is 50.8 Å². The Morgan fingerprint density at radius 3 is 2.47 bits per heavy atom. The van der Waals surface area contributed by atoms with Gasteiger partial charge in [-0.15, -0.1) is 0 Å². The van der Waals surface area contributed by atoms with Gasteiger partial charge in [0.2, 0.25) is 5.91 Å². The number of para-hydroxylation sites is 2. The standard InChI is InChI=1S/C24H28N4O6/c1-3-25(15-19-16-33-22-6-4-5-7-23(22)34-19)24(30)18-8-9-20(21(14-18)28(31)32)27-12-10-26(11-13-27)17(2)29/h4-9,14,19H,3,10-13,15-16H2,1-2H3.